The lowest BCUT2D eigenvalue weighted by atomic mass is 10.1. The lowest BCUT2D eigenvalue weighted by Crippen LogP contribution is -2.31. The van der Waals surface area contributed by atoms with Crippen molar-refractivity contribution in [2.45, 2.75) is 32.9 Å². The summed E-state index contributed by atoms with van der Waals surface area (Å²) in [5, 5.41) is 9.54. The molecule has 0 saturated heterocycles. The van der Waals surface area contributed by atoms with E-state index in [1.54, 1.807) is 6.92 Å². The second kappa shape index (κ2) is 6.22. The summed E-state index contributed by atoms with van der Waals surface area (Å²) in [6.45, 7) is 10.7. The zero-order valence-corrected chi connectivity index (χ0v) is 12.2. The van der Waals surface area contributed by atoms with Crippen molar-refractivity contribution in [1.82, 2.24) is 0 Å². The van der Waals surface area contributed by atoms with Gasteiger partial charge in [0.2, 0.25) is 0 Å². The molecular formula is C14H20BrNO. The molecule has 1 rings (SSSR count). The second-order valence-electron chi connectivity index (χ2n) is 4.42. The van der Waals surface area contributed by atoms with Crippen LogP contribution in [0.2, 0.25) is 0 Å². The predicted molar refractivity (Wildman–Crippen MR) is 77.5 cm³/mol. The minimum absolute atomic E-state index is 0.404. The molecule has 3 heteroatoms. The van der Waals surface area contributed by atoms with Gasteiger partial charge in [0.05, 0.1) is 11.8 Å². The van der Waals surface area contributed by atoms with Gasteiger partial charge >= 0.3 is 0 Å². The van der Waals surface area contributed by atoms with Crippen molar-refractivity contribution in [3.05, 3.63) is 40.9 Å². The van der Waals surface area contributed by atoms with Crippen LogP contribution in [0.3, 0.4) is 0 Å². The van der Waals surface area contributed by atoms with Crippen molar-refractivity contribution in [2.24, 2.45) is 0 Å². The van der Waals surface area contributed by atoms with Crippen molar-refractivity contribution < 1.29 is 5.11 Å². The first-order valence-electron chi connectivity index (χ1n) is 5.82. The Morgan fingerprint density at radius 1 is 1.41 bits per heavy atom. The maximum Gasteiger partial charge on any atom is 0.0762 e. The van der Waals surface area contributed by atoms with Gasteiger partial charge in [-0.2, -0.15) is 0 Å². The fraction of sp³-hybridized carbons (Fsp3) is 0.429. The molecule has 2 nitrogen and oxygen atoms in total. The number of aliphatic hydroxyl groups excluding tert-OH is 1. The molecule has 0 heterocycles. The Labute approximate surface area is 112 Å². The first-order chi connectivity index (χ1) is 7.97. The van der Waals surface area contributed by atoms with Gasteiger partial charge in [0.15, 0.2) is 0 Å². The number of benzene rings is 1. The highest BCUT2D eigenvalue weighted by molar-refractivity contribution is 9.10. The standard InChI is InChI=1S/C14H20BrNO/c1-5-8-16(10(2)3)14-7-6-12(11(4)17)9-13(14)15/h5-7,9-11,17H,1,8H2,2-4H3/t11-/m1/s1. The summed E-state index contributed by atoms with van der Waals surface area (Å²) >= 11 is 3.57. The van der Waals surface area contributed by atoms with Crippen LogP contribution in [-0.2, 0) is 0 Å². The first-order valence-corrected chi connectivity index (χ1v) is 6.61. The molecule has 0 amide bonds. The second-order valence-corrected chi connectivity index (χ2v) is 5.28. The summed E-state index contributed by atoms with van der Waals surface area (Å²) in [6, 6.07) is 6.37. The average molecular weight is 298 g/mol. The van der Waals surface area contributed by atoms with Gasteiger partial charge in [-0.25, -0.2) is 0 Å². The highest BCUT2D eigenvalue weighted by Gasteiger charge is 2.13. The highest BCUT2D eigenvalue weighted by atomic mass is 79.9. The number of hydrogen-bond donors (Lipinski definition) is 1. The van der Waals surface area contributed by atoms with Crippen molar-refractivity contribution >= 4 is 21.6 Å². The monoisotopic (exact) mass is 297 g/mol. The molecule has 0 spiro atoms. The Bertz CT molecular complexity index is 388. The van der Waals surface area contributed by atoms with E-state index < -0.39 is 6.10 Å². The SMILES string of the molecule is C=CCN(c1ccc([C@@H](C)O)cc1Br)C(C)C. The quantitative estimate of drug-likeness (QED) is 0.833. The number of aliphatic hydroxyl groups is 1. The molecule has 1 atom stereocenters. The Kier molecular flexibility index (Phi) is 5.22. The normalized spacial score (nSPS) is 12.6. The zero-order chi connectivity index (χ0) is 13.0. The van der Waals surface area contributed by atoms with Crippen LogP contribution in [0.4, 0.5) is 5.69 Å². The van der Waals surface area contributed by atoms with Gasteiger partial charge < -0.3 is 10.0 Å². The number of hydrogen-bond acceptors (Lipinski definition) is 2. The molecule has 0 unspecified atom stereocenters. The Morgan fingerprint density at radius 2 is 2.06 bits per heavy atom. The van der Waals surface area contributed by atoms with E-state index in [0.29, 0.717) is 6.04 Å². The van der Waals surface area contributed by atoms with Crippen LogP contribution >= 0.6 is 15.9 Å². The minimum atomic E-state index is -0.438. The van der Waals surface area contributed by atoms with E-state index in [0.717, 1.165) is 22.3 Å². The summed E-state index contributed by atoms with van der Waals surface area (Å²) in [6.07, 6.45) is 1.46. The molecule has 0 bridgehead atoms. The van der Waals surface area contributed by atoms with Gasteiger partial charge in [-0.15, -0.1) is 6.58 Å². The van der Waals surface area contributed by atoms with Gasteiger partial charge in [0, 0.05) is 17.1 Å². The number of anilines is 1. The van der Waals surface area contributed by atoms with E-state index in [4.69, 9.17) is 0 Å². The van der Waals surface area contributed by atoms with E-state index >= 15 is 0 Å². The summed E-state index contributed by atoms with van der Waals surface area (Å²) in [4.78, 5) is 2.25. The third-order valence-corrected chi connectivity index (χ3v) is 3.35. The molecule has 0 aromatic heterocycles. The van der Waals surface area contributed by atoms with Crippen molar-refractivity contribution in [1.29, 1.82) is 0 Å². The average Bonchev–Trinajstić information content (AvgIpc) is 2.26. The van der Waals surface area contributed by atoms with Crippen LogP contribution < -0.4 is 4.90 Å². The van der Waals surface area contributed by atoms with Crippen molar-refractivity contribution in [3.63, 3.8) is 0 Å². The van der Waals surface area contributed by atoms with E-state index in [1.807, 2.05) is 24.3 Å². The number of nitrogens with zero attached hydrogens (tertiary/aromatic N) is 1. The third-order valence-electron chi connectivity index (χ3n) is 2.71. The molecule has 17 heavy (non-hydrogen) atoms. The topological polar surface area (TPSA) is 23.5 Å². The fourth-order valence-electron chi connectivity index (χ4n) is 1.74. The Hall–Kier alpha value is -0.800. The van der Waals surface area contributed by atoms with Crippen molar-refractivity contribution in [2.75, 3.05) is 11.4 Å². The van der Waals surface area contributed by atoms with Crippen molar-refractivity contribution in [3.8, 4) is 0 Å². The summed E-state index contributed by atoms with van der Waals surface area (Å²) in [5.74, 6) is 0. The number of rotatable bonds is 5. The van der Waals surface area contributed by atoms with Gasteiger partial charge in [0.1, 0.15) is 0 Å². The van der Waals surface area contributed by atoms with Crippen LogP contribution in [0.1, 0.15) is 32.4 Å². The lowest BCUT2D eigenvalue weighted by Gasteiger charge is -2.29. The molecule has 0 aliphatic carbocycles. The molecule has 0 radical (unpaired) electrons. The smallest absolute Gasteiger partial charge is 0.0762 e. The van der Waals surface area contributed by atoms with E-state index in [-0.39, 0.29) is 0 Å². The van der Waals surface area contributed by atoms with E-state index in [1.165, 1.54) is 0 Å². The van der Waals surface area contributed by atoms with Crippen LogP contribution in [0.15, 0.2) is 35.3 Å². The number of halogens is 1. The molecule has 94 valence electrons. The predicted octanol–water partition coefficient (Wildman–Crippen LogP) is 3.90. The molecule has 0 aliphatic heterocycles. The van der Waals surface area contributed by atoms with Crippen LogP contribution in [-0.4, -0.2) is 17.7 Å². The highest BCUT2D eigenvalue weighted by Crippen LogP contribution is 2.30. The third kappa shape index (κ3) is 3.58. The molecule has 1 N–H and O–H groups in total. The van der Waals surface area contributed by atoms with Gasteiger partial charge in [0.25, 0.3) is 0 Å². The van der Waals surface area contributed by atoms with E-state index in [9.17, 15) is 5.11 Å². The molecule has 0 saturated carbocycles. The van der Waals surface area contributed by atoms with Crippen LogP contribution in [0.25, 0.3) is 0 Å². The lowest BCUT2D eigenvalue weighted by molar-refractivity contribution is 0.199. The Balaban J connectivity index is 3.08. The molecule has 0 aliphatic rings. The molecule has 1 aromatic carbocycles. The minimum Gasteiger partial charge on any atom is -0.389 e. The van der Waals surface area contributed by atoms with Crippen LogP contribution in [0.5, 0.6) is 0 Å². The maximum atomic E-state index is 9.54. The van der Waals surface area contributed by atoms with E-state index in [2.05, 4.69) is 41.3 Å². The van der Waals surface area contributed by atoms with Gasteiger partial charge in [-0.1, -0.05) is 12.1 Å². The van der Waals surface area contributed by atoms with Gasteiger partial charge in [-0.05, 0) is 54.4 Å². The Morgan fingerprint density at radius 3 is 2.47 bits per heavy atom. The summed E-state index contributed by atoms with van der Waals surface area (Å²) in [5.41, 5.74) is 2.05. The fourth-order valence-corrected chi connectivity index (χ4v) is 2.37. The first kappa shape index (κ1) is 14.3. The van der Waals surface area contributed by atoms with Crippen LogP contribution in [0, 0.1) is 0 Å². The molecule has 0 fully saturated rings. The summed E-state index contributed by atoms with van der Waals surface area (Å²) in [7, 11) is 0. The molecular weight excluding hydrogens is 278 g/mol. The summed E-state index contributed by atoms with van der Waals surface area (Å²) < 4.78 is 1.01. The van der Waals surface area contributed by atoms with Gasteiger partial charge in [-0.3, -0.25) is 0 Å². The maximum absolute atomic E-state index is 9.54. The largest absolute Gasteiger partial charge is 0.389 e. The zero-order valence-electron chi connectivity index (χ0n) is 10.7. The molecule has 1 aromatic rings.